The minimum Gasteiger partial charge on any atom is -0.357 e. The second-order valence-electron chi connectivity index (χ2n) is 5.61. The molecule has 0 bridgehead atoms. The zero-order valence-electron chi connectivity index (χ0n) is 15.1. The van der Waals surface area contributed by atoms with Crippen molar-refractivity contribution in [1.82, 2.24) is 10.6 Å². The van der Waals surface area contributed by atoms with Crippen LogP contribution in [0.25, 0.3) is 0 Å². The first-order valence-corrected chi connectivity index (χ1v) is 10.4. The maximum Gasteiger partial charge on any atom is 0.416 e. The molecule has 1 aromatic carbocycles. The van der Waals surface area contributed by atoms with Crippen LogP contribution in [0.15, 0.2) is 39.5 Å². The van der Waals surface area contributed by atoms with Crippen molar-refractivity contribution in [2.75, 3.05) is 6.54 Å². The number of alkyl halides is 3. The van der Waals surface area contributed by atoms with Crippen LogP contribution in [0.2, 0.25) is 0 Å². The molecule has 1 aromatic heterocycles. The highest BCUT2D eigenvalue weighted by atomic mass is 127. The van der Waals surface area contributed by atoms with Gasteiger partial charge in [0.05, 0.1) is 18.7 Å². The third-order valence-electron chi connectivity index (χ3n) is 3.48. The number of halogens is 5. The summed E-state index contributed by atoms with van der Waals surface area (Å²) in [7, 11) is -3.79. The lowest BCUT2D eigenvalue weighted by atomic mass is 10.1. The highest BCUT2D eigenvalue weighted by Gasteiger charge is 2.33. The van der Waals surface area contributed by atoms with Crippen LogP contribution >= 0.6 is 35.3 Å². The lowest BCUT2D eigenvalue weighted by Gasteiger charge is -2.13. The van der Waals surface area contributed by atoms with Gasteiger partial charge in [0.15, 0.2) is 5.96 Å². The van der Waals surface area contributed by atoms with Gasteiger partial charge >= 0.3 is 6.18 Å². The predicted octanol–water partition coefficient (Wildman–Crippen LogP) is 3.43. The minimum absolute atomic E-state index is 0. The van der Waals surface area contributed by atoms with E-state index in [1.165, 1.54) is 6.07 Å². The van der Waals surface area contributed by atoms with Crippen LogP contribution in [0.4, 0.5) is 17.6 Å². The van der Waals surface area contributed by atoms with Gasteiger partial charge in [0.2, 0.25) is 10.0 Å². The zero-order chi connectivity index (χ0) is 20.9. The van der Waals surface area contributed by atoms with Crippen molar-refractivity contribution in [3.8, 4) is 0 Å². The normalized spacial score (nSPS) is 12.4. The fourth-order valence-electron chi connectivity index (χ4n) is 2.23. The van der Waals surface area contributed by atoms with Gasteiger partial charge < -0.3 is 10.6 Å². The molecule has 2 rings (SSSR count). The zero-order valence-corrected chi connectivity index (χ0v) is 19.0. The van der Waals surface area contributed by atoms with Gasteiger partial charge in [-0.1, -0.05) is 6.07 Å². The van der Waals surface area contributed by atoms with Gasteiger partial charge in [0.25, 0.3) is 0 Å². The first-order valence-electron chi connectivity index (χ1n) is 8.00. The Morgan fingerprint density at radius 2 is 1.90 bits per heavy atom. The second-order valence-corrected chi connectivity index (χ2v) is 8.57. The summed E-state index contributed by atoms with van der Waals surface area (Å²) < 4.78 is 75.0. The van der Waals surface area contributed by atoms with Crippen LogP contribution in [0.5, 0.6) is 0 Å². The van der Waals surface area contributed by atoms with Gasteiger partial charge in [-0.25, -0.2) is 22.9 Å². The molecule has 0 aliphatic rings. The van der Waals surface area contributed by atoms with Gasteiger partial charge in [-0.15, -0.1) is 35.3 Å². The average Bonchev–Trinajstić information content (AvgIpc) is 3.06. The van der Waals surface area contributed by atoms with E-state index in [1.807, 2.05) is 0 Å². The number of primary sulfonamides is 1. The number of guanidine groups is 1. The summed E-state index contributed by atoms with van der Waals surface area (Å²) in [4.78, 5) is 4.74. The van der Waals surface area contributed by atoms with Gasteiger partial charge in [-0.05, 0) is 36.8 Å². The van der Waals surface area contributed by atoms with E-state index in [4.69, 9.17) is 5.14 Å². The van der Waals surface area contributed by atoms with E-state index in [0.29, 0.717) is 17.5 Å². The van der Waals surface area contributed by atoms with E-state index < -0.39 is 27.6 Å². The van der Waals surface area contributed by atoms with Crippen LogP contribution in [-0.2, 0) is 29.3 Å². The molecule has 0 radical (unpaired) electrons. The van der Waals surface area contributed by atoms with Crippen LogP contribution in [0.1, 0.15) is 22.9 Å². The quantitative estimate of drug-likeness (QED) is 0.216. The van der Waals surface area contributed by atoms with Gasteiger partial charge in [0.1, 0.15) is 10.0 Å². The lowest BCUT2D eigenvalue weighted by Crippen LogP contribution is -2.36. The maximum absolute atomic E-state index is 13.2. The molecule has 0 saturated carbocycles. The average molecular weight is 566 g/mol. The molecule has 0 aliphatic carbocycles. The molecule has 6 nitrogen and oxygen atoms in total. The number of hydrogen-bond acceptors (Lipinski definition) is 4. The van der Waals surface area contributed by atoms with Crippen molar-refractivity contribution in [1.29, 1.82) is 0 Å². The van der Waals surface area contributed by atoms with Gasteiger partial charge in [-0.3, -0.25) is 0 Å². The molecule has 162 valence electrons. The van der Waals surface area contributed by atoms with E-state index in [0.717, 1.165) is 23.5 Å². The molecule has 0 amide bonds. The monoisotopic (exact) mass is 566 g/mol. The molecule has 4 N–H and O–H groups in total. The summed E-state index contributed by atoms with van der Waals surface area (Å²) in [6.45, 7) is 2.10. The van der Waals surface area contributed by atoms with Crippen molar-refractivity contribution in [3.63, 3.8) is 0 Å². The van der Waals surface area contributed by atoms with E-state index in [1.54, 1.807) is 13.0 Å². The summed E-state index contributed by atoms with van der Waals surface area (Å²) in [5.74, 6) is -0.751. The number of aliphatic imine (C=N–C) groups is 1. The molecule has 0 saturated heterocycles. The summed E-state index contributed by atoms with van der Waals surface area (Å²) in [6, 6.07) is 5.37. The Hall–Kier alpha value is -1.45. The summed E-state index contributed by atoms with van der Waals surface area (Å²) in [5, 5.41) is 10.8. The molecular formula is C16H19F4IN4O2S2. The van der Waals surface area contributed by atoms with Crippen molar-refractivity contribution in [2.24, 2.45) is 10.1 Å². The fraction of sp³-hybridized carbons (Fsp3) is 0.312. The molecule has 13 heteroatoms. The smallest absolute Gasteiger partial charge is 0.357 e. The van der Waals surface area contributed by atoms with E-state index in [-0.39, 0.29) is 52.8 Å². The molecular weight excluding hydrogens is 547 g/mol. The molecule has 2 aromatic rings. The van der Waals surface area contributed by atoms with Crippen molar-refractivity contribution in [2.45, 2.75) is 30.4 Å². The van der Waals surface area contributed by atoms with Gasteiger partial charge in [0, 0.05) is 11.4 Å². The Kier molecular flexibility index (Phi) is 9.30. The third-order valence-corrected chi connectivity index (χ3v) is 6.00. The number of sulfonamides is 1. The molecule has 0 unspecified atom stereocenters. The summed E-state index contributed by atoms with van der Waals surface area (Å²) in [6.07, 6.45) is -4.69. The van der Waals surface area contributed by atoms with Crippen LogP contribution in [0.3, 0.4) is 0 Å². The number of hydrogen-bond donors (Lipinski definition) is 3. The van der Waals surface area contributed by atoms with Crippen molar-refractivity contribution >= 4 is 51.3 Å². The highest BCUT2D eigenvalue weighted by molar-refractivity contribution is 14.0. The Balaban J connectivity index is 0.00000420. The number of benzene rings is 1. The Morgan fingerprint density at radius 1 is 1.21 bits per heavy atom. The predicted molar refractivity (Wildman–Crippen MR) is 114 cm³/mol. The number of rotatable bonds is 6. The summed E-state index contributed by atoms with van der Waals surface area (Å²) in [5.41, 5.74) is -1.25. The Labute approximate surface area is 186 Å². The van der Waals surface area contributed by atoms with Crippen molar-refractivity contribution < 1.29 is 26.0 Å². The van der Waals surface area contributed by atoms with E-state index >= 15 is 0 Å². The topological polar surface area (TPSA) is 96.6 Å². The summed E-state index contributed by atoms with van der Waals surface area (Å²) >= 11 is 0.973. The standard InChI is InChI=1S/C16H18F4N4O2S2.HI/c1-2-22-15(24-9-12-5-6-14(27-12)28(21,25)26)23-8-10-3-4-11(17)7-13(10)16(18,19)20;/h3-7H,2,8-9H2,1H3,(H2,21,25,26)(H2,22,23,24);1H. The van der Waals surface area contributed by atoms with Crippen LogP contribution < -0.4 is 15.8 Å². The molecule has 0 atom stereocenters. The number of nitrogens with two attached hydrogens (primary N) is 1. The second kappa shape index (κ2) is 10.5. The molecule has 0 spiro atoms. The van der Waals surface area contributed by atoms with Crippen LogP contribution in [-0.4, -0.2) is 20.9 Å². The first-order chi connectivity index (χ1) is 13.0. The first kappa shape index (κ1) is 25.6. The molecule has 0 aliphatic heterocycles. The molecule has 29 heavy (non-hydrogen) atoms. The molecule has 1 heterocycles. The Bertz CT molecular complexity index is 962. The SMILES string of the molecule is CCNC(=NCc1ccc(F)cc1C(F)(F)F)NCc1ccc(S(N)(=O)=O)s1.I. The van der Waals surface area contributed by atoms with Crippen LogP contribution in [0, 0.1) is 5.82 Å². The number of nitrogens with zero attached hydrogens (tertiary/aromatic N) is 1. The Morgan fingerprint density at radius 3 is 2.45 bits per heavy atom. The van der Waals surface area contributed by atoms with E-state index in [9.17, 15) is 26.0 Å². The number of nitrogens with one attached hydrogen (secondary N) is 2. The highest BCUT2D eigenvalue weighted by Crippen LogP contribution is 2.32. The minimum atomic E-state index is -4.69. The lowest BCUT2D eigenvalue weighted by molar-refractivity contribution is -0.138. The van der Waals surface area contributed by atoms with Crippen molar-refractivity contribution in [3.05, 3.63) is 52.2 Å². The number of thiophene rings is 1. The maximum atomic E-state index is 13.2. The third kappa shape index (κ3) is 7.71. The molecule has 0 fully saturated rings. The van der Waals surface area contributed by atoms with E-state index in [2.05, 4.69) is 15.6 Å². The van der Waals surface area contributed by atoms with Gasteiger partial charge in [-0.2, -0.15) is 13.2 Å². The largest absolute Gasteiger partial charge is 0.416 e. The fourth-order valence-corrected chi connectivity index (χ4v) is 3.95.